The van der Waals surface area contributed by atoms with Crippen molar-refractivity contribution in [2.75, 3.05) is 18.5 Å². The van der Waals surface area contributed by atoms with Crippen LogP contribution < -0.4 is 5.32 Å². The van der Waals surface area contributed by atoms with Crippen LogP contribution in [0, 0.1) is 0 Å². The van der Waals surface area contributed by atoms with Gasteiger partial charge in [0.25, 0.3) is 0 Å². The van der Waals surface area contributed by atoms with Crippen LogP contribution in [0.4, 0.5) is 23.7 Å². The number of halogens is 3. The molecule has 2 aromatic heterocycles. The second-order valence-corrected chi connectivity index (χ2v) is 8.53. The molecule has 2 saturated heterocycles. The van der Waals surface area contributed by atoms with E-state index in [0.717, 1.165) is 17.9 Å². The number of nitrogens with zero attached hydrogens (tertiary/aromatic N) is 4. The highest BCUT2D eigenvalue weighted by molar-refractivity contribution is 7.98. The average molecular weight is 497 g/mol. The summed E-state index contributed by atoms with van der Waals surface area (Å²) >= 11 is 1.39. The Bertz CT molecular complexity index is 1140. The first kappa shape index (κ1) is 22.7. The van der Waals surface area contributed by atoms with E-state index >= 15 is 0 Å². The van der Waals surface area contributed by atoms with E-state index in [1.54, 1.807) is 17.0 Å². The number of carbonyl (C=O) groups is 1. The largest absolute Gasteiger partial charge is 0.468 e. The van der Waals surface area contributed by atoms with Crippen molar-refractivity contribution in [1.29, 1.82) is 0 Å². The van der Waals surface area contributed by atoms with Crippen molar-refractivity contribution >= 4 is 23.5 Å². The number of carbonyl (C=O) groups excluding carboxylic acids is 1. The summed E-state index contributed by atoms with van der Waals surface area (Å²) in [6.07, 6.45) is -5.60. The lowest BCUT2D eigenvalue weighted by Crippen LogP contribution is -2.35. The summed E-state index contributed by atoms with van der Waals surface area (Å²) in [6, 6.07) is 7.60. The quantitative estimate of drug-likeness (QED) is 0.511. The Morgan fingerprint density at radius 1 is 1.21 bits per heavy atom. The molecular weight excluding hydrogens is 479 g/mol. The molecule has 1 N–H and O–H groups in total. The highest BCUT2D eigenvalue weighted by Gasteiger charge is 2.51. The maximum absolute atomic E-state index is 12.9. The molecule has 4 heterocycles. The van der Waals surface area contributed by atoms with Gasteiger partial charge in [-0.25, -0.2) is 9.48 Å². The number of tetrazole rings is 1. The van der Waals surface area contributed by atoms with Crippen LogP contribution >= 0.6 is 11.8 Å². The van der Waals surface area contributed by atoms with Crippen LogP contribution in [0.5, 0.6) is 0 Å². The van der Waals surface area contributed by atoms with Crippen LogP contribution in [0.25, 0.3) is 0 Å². The second kappa shape index (κ2) is 9.27. The van der Waals surface area contributed by atoms with Crippen molar-refractivity contribution in [3.05, 3.63) is 54.0 Å². The fraction of sp³-hybridized carbons (Fsp3) is 0.400. The van der Waals surface area contributed by atoms with Crippen LogP contribution in [0.1, 0.15) is 17.4 Å². The van der Waals surface area contributed by atoms with Gasteiger partial charge < -0.3 is 18.6 Å². The highest BCUT2D eigenvalue weighted by atomic mass is 32.2. The van der Waals surface area contributed by atoms with E-state index in [2.05, 4.69) is 20.8 Å². The monoisotopic (exact) mass is 497 g/mol. The van der Waals surface area contributed by atoms with Crippen LogP contribution in [0.2, 0.25) is 0 Å². The lowest BCUT2D eigenvalue weighted by molar-refractivity contribution is -0.137. The Balaban J connectivity index is 1.19. The van der Waals surface area contributed by atoms with Crippen molar-refractivity contribution in [3.8, 4) is 0 Å². The summed E-state index contributed by atoms with van der Waals surface area (Å²) in [6.45, 7) is 0.308. The number of ether oxygens (including phenoxy) is 3. The smallest absolute Gasteiger partial charge is 0.416 e. The van der Waals surface area contributed by atoms with Crippen molar-refractivity contribution in [2.45, 2.75) is 41.4 Å². The van der Waals surface area contributed by atoms with Crippen LogP contribution in [-0.4, -0.2) is 57.8 Å². The number of amides is 1. The second-order valence-electron chi connectivity index (χ2n) is 7.58. The number of alkyl halides is 3. The molecule has 14 heteroatoms. The summed E-state index contributed by atoms with van der Waals surface area (Å²) < 4.78 is 62.6. The summed E-state index contributed by atoms with van der Waals surface area (Å²) in [7, 11) is 0. The first-order valence-corrected chi connectivity index (χ1v) is 11.2. The maximum Gasteiger partial charge on any atom is 0.416 e. The number of anilines is 1. The summed E-state index contributed by atoms with van der Waals surface area (Å²) in [5, 5.41) is 14.7. The number of hydrogen-bond acceptors (Lipinski definition) is 9. The Kier molecular flexibility index (Phi) is 6.18. The molecule has 0 aliphatic carbocycles. The molecule has 10 nitrogen and oxygen atoms in total. The number of nitrogens with one attached hydrogen (secondary N) is 1. The molecule has 1 amide bonds. The van der Waals surface area contributed by atoms with Gasteiger partial charge in [0.05, 0.1) is 30.8 Å². The molecule has 4 atom stereocenters. The third kappa shape index (κ3) is 4.74. The Morgan fingerprint density at radius 2 is 2.06 bits per heavy atom. The predicted octanol–water partition coefficient (Wildman–Crippen LogP) is 3.53. The van der Waals surface area contributed by atoms with Gasteiger partial charge in [0.15, 0.2) is 6.10 Å². The normalized spacial score (nSPS) is 24.2. The van der Waals surface area contributed by atoms with Crippen LogP contribution in [-0.2, 0) is 26.1 Å². The molecule has 0 spiro atoms. The number of rotatable bonds is 6. The predicted molar refractivity (Wildman–Crippen MR) is 110 cm³/mol. The van der Waals surface area contributed by atoms with E-state index in [9.17, 15) is 18.0 Å². The zero-order valence-electron chi connectivity index (χ0n) is 17.3. The minimum atomic E-state index is -4.52. The number of aromatic nitrogens is 4. The maximum atomic E-state index is 12.9. The fourth-order valence-corrected chi connectivity index (χ4v) is 4.67. The van der Waals surface area contributed by atoms with Crippen molar-refractivity contribution in [1.82, 2.24) is 20.2 Å². The summed E-state index contributed by atoms with van der Waals surface area (Å²) in [5.41, 5.74) is -0.911. The molecule has 2 aliphatic rings. The summed E-state index contributed by atoms with van der Waals surface area (Å²) in [5.74, 6) is 1.31. The topological polar surface area (TPSA) is 114 Å². The van der Waals surface area contributed by atoms with Crippen LogP contribution in [0.15, 0.2) is 52.2 Å². The van der Waals surface area contributed by atoms with E-state index < -0.39 is 36.1 Å². The molecule has 5 rings (SSSR count). The summed E-state index contributed by atoms with van der Waals surface area (Å²) in [4.78, 5) is 12.3. The molecule has 0 bridgehead atoms. The molecule has 0 unspecified atom stereocenters. The molecule has 0 radical (unpaired) electrons. The van der Waals surface area contributed by atoms with Gasteiger partial charge in [0, 0.05) is 5.69 Å². The minimum absolute atomic E-state index is 0.0348. The Labute approximate surface area is 194 Å². The molecule has 0 saturated carbocycles. The molecule has 3 aromatic rings. The molecule has 180 valence electrons. The van der Waals surface area contributed by atoms with E-state index in [1.165, 1.54) is 23.9 Å². The van der Waals surface area contributed by atoms with Gasteiger partial charge in [0.1, 0.15) is 24.0 Å². The van der Waals surface area contributed by atoms with E-state index in [1.807, 2.05) is 6.07 Å². The number of furan rings is 1. The Hall–Kier alpha value is -3.10. The van der Waals surface area contributed by atoms with Gasteiger partial charge in [-0.2, -0.15) is 13.2 Å². The van der Waals surface area contributed by atoms with E-state index in [0.29, 0.717) is 10.9 Å². The zero-order chi connectivity index (χ0) is 23.7. The first-order valence-electron chi connectivity index (χ1n) is 10.2. The number of thioether (sulfide) groups is 1. The van der Waals surface area contributed by atoms with Gasteiger partial charge >= 0.3 is 12.3 Å². The molecule has 2 aliphatic heterocycles. The lowest BCUT2D eigenvalue weighted by Gasteiger charge is -2.18. The Morgan fingerprint density at radius 3 is 2.85 bits per heavy atom. The number of fused-ring (bicyclic) bond motifs is 1. The molecule has 1 aromatic carbocycles. The first-order chi connectivity index (χ1) is 16.4. The van der Waals surface area contributed by atoms with Gasteiger partial charge in [-0.1, -0.05) is 17.8 Å². The van der Waals surface area contributed by atoms with E-state index in [-0.39, 0.29) is 24.9 Å². The third-order valence-electron chi connectivity index (χ3n) is 5.38. The zero-order valence-corrected chi connectivity index (χ0v) is 18.2. The molecule has 34 heavy (non-hydrogen) atoms. The standard InChI is InChI=1S/C20H18F3N5O5S/c21-20(22,23)11-3-1-4-12(7-11)24-19(29)33-15-9-32-16-14(8-31-17(15)16)28-18(25-26-27-28)34-10-13-5-2-6-30-13/h1-7,14-17H,8-10H2,(H,24,29)/t14-,15-,16-,17+/m0/s1. The lowest BCUT2D eigenvalue weighted by atomic mass is 10.1. The fourth-order valence-electron chi connectivity index (χ4n) is 3.83. The van der Waals surface area contributed by atoms with Crippen molar-refractivity contribution in [3.63, 3.8) is 0 Å². The van der Waals surface area contributed by atoms with Gasteiger partial charge in [0.2, 0.25) is 5.16 Å². The van der Waals surface area contributed by atoms with Crippen molar-refractivity contribution < 1.29 is 36.6 Å². The molecular formula is C20H18F3N5O5S. The van der Waals surface area contributed by atoms with E-state index in [4.69, 9.17) is 18.6 Å². The SMILES string of the molecule is O=C(Nc1cccc(C(F)(F)F)c1)O[C@H]1CO[C@@H]2[C@@H]1OC[C@@H]2n1nnnc1SCc1ccco1. The minimum Gasteiger partial charge on any atom is -0.468 e. The average Bonchev–Trinajstić information content (AvgIpc) is 3.58. The number of hydrogen-bond donors (Lipinski definition) is 1. The van der Waals surface area contributed by atoms with Crippen LogP contribution in [0.3, 0.4) is 0 Å². The number of benzene rings is 1. The van der Waals surface area contributed by atoms with Crippen molar-refractivity contribution in [2.24, 2.45) is 0 Å². The van der Waals surface area contributed by atoms with Gasteiger partial charge in [-0.05, 0) is 40.8 Å². The highest BCUT2D eigenvalue weighted by Crippen LogP contribution is 2.37. The third-order valence-corrected chi connectivity index (χ3v) is 6.33. The van der Waals surface area contributed by atoms with Gasteiger partial charge in [-0.3, -0.25) is 5.32 Å². The van der Waals surface area contributed by atoms with Gasteiger partial charge in [-0.15, -0.1) is 5.10 Å². The molecule has 2 fully saturated rings.